The van der Waals surface area contributed by atoms with Gasteiger partial charge >= 0.3 is 0 Å². The highest BCUT2D eigenvalue weighted by Crippen LogP contribution is 2.23. The van der Waals surface area contributed by atoms with Gasteiger partial charge in [-0.15, -0.1) is 10.2 Å². The Balaban J connectivity index is 1.35. The Morgan fingerprint density at radius 2 is 1.61 bits per heavy atom. The lowest BCUT2D eigenvalue weighted by molar-refractivity contribution is -0.119. The fourth-order valence-corrected chi connectivity index (χ4v) is 3.58. The van der Waals surface area contributed by atoms with Gasteiger partial charge in [-0.05, 0) is 49.2 Å². The number of aromatic nitrogens is 2. The number of piperazine rings is 1. The molecule has 2 aliphatic rings. The Bertz CT molecular complexity index is 810. The number of anilines is 3. The highest BCUT2D eigenvalue weighted by molar-refractivity contribution is 5.92. The third-order valence-corrected chi connectivity index (χ3v) is 5.25. The number of carbonyl (C=O) groups excluding carboxylic acids is 2. The standard InChI is InChI=1S/C20H24N6O2/c27-15-24-11-13-26(14-12-24)20(28)18-7-8-19(23-22-18)21-16-3-5-17(6-4-16)25-9-1-2-10-25/h3-8,15H,1-2,9-14H2,(H,21,23). The smallest absolute Gasteiger partial charge is 0.274 e. The zero-order chi connectivity index (χ0) is 19.3. The molecule has 1 N–H and O–H groups in total. The molecule has 28 heavy (non-hydrogen) atoms. The molecule has 8 nitrogen and oxygen atoms in total. The molecule has 0 radical (unpaired) electrons. The van der Waals surface area contributed by atoms with E-state index in [9.17, 15) is 9.59 Å². The number of hydrogen-bond donors (Lipinski definition) is 1. The van der Waals surface area contributed by atoms with E-state index in [4.69, 9.17) is 0 Å². The van der Waals surface area contributed by atoms with Gasteiger partial charge in [-0.1, -0.05) is 0 Å². The second-order valence-corrected chi connectivity index (χ2v) is 7.10. The minimum atomic E-state index is -0.153. The third-order valence-electron chi connectivity index (χ3n) is 5.25. The lowest BCUT2D eigenvalue weighted by atomic mass is 10.2. The van der Waals surface area contributed by atoms with Crippen molar-refractivity contribution in [3.63, 3.8) is 0 Å². The van der Waals surface area contributed by atoms with Gasteiger partial charge in [0, 0.05) is 50.6 Å². The number of benzene rings is 1. The molecule has 4 rings (SSSR count). The summed E-state index contributed by atoms with van der Waals surface area (Å²) in [5.74, 6) is 0.441. The third kappa shape index (κ3) is 4.05. The first-order valence-electron chi connectivity index (χ1n) is 9.67. The van der Waals surface area contributed by atoms with Crippen LogP contribution in [0.3, 0.4) is 0 Å². The van der Waals surface area contributed by atoms with E-state index in [2.05, 4.69) is 32.5 Å². The Kier molecular flexibility index (Phi) is 5.36. The molecule has 2 saturated heterocycles. The summed E-state index contributed by atoms with van der Waals surface area (Å²) in [6.07, 6.45) is 3.33. The Morgan fingerprint density at radius 1 is 0.893 bits per heavy atom. The van der Waals surface area contributed by atoms with E-state index >= 15 is 0 Å². The molecule has 3 heterocycles. The number of amides is 2. The lowest BCUT2D eigenvalue weighted by Gasteiger charge is -2.32. The van der Waals surface area contributed by atoms with Crippen molar-refractivity contribution >= 4 is 29.5 Å². The Hall–Kier alpha value is -3.16. The second kappa shape index (κ2) is 8.24. The fraction of sp³-hybridized carbons (Fsp3) is 0.400. The van der Waals surface area contributed by atoms with E-state index in [0.717, 1.165) is 25.2 Å². The number of hydrogen-bond acceptors (Lipinski definition) is 6. The van der Waals surface area contributed by atoms with Crippen LogP contribution in [-0.2, 0) is 4.79 Å². The van der Waals surface area contributed by atoms with Gasteiger partial charge in [0.2, 0.25) is 6.41 Å². The molecule has 8 heteroatoms. The average molecular weight is 380 g/mol. The zero-order valence-corrected chi connectivity index (χ0v) is 15.8. The molecular formula is C20H24N6O2. The summed E-state index contributed by atoms with van der Waals surface area (Å²) in [5.41, 5.74) is 2.49. The van der Waals surface area contributed by atoms with Crippen LogP contribution in [0.5, 0.6) is 0 Å². The molecule has 2 aliphatic heterocycles. The SMILES string of the molecule is O=CN1CCN(C(=O)c2ccc(Nc3ccc(N4CCCC4)cc3)nn2)CC1. The lowest BCUT2D eigenvalue weighted by Crippen LogP contribution is -2.48. The van der Waals surface area contributed by atoms with Crippen molar-refractivity contribution in [2.24, 2.45) is 0 Å². The van der Waals surface area contributed by atoms with Crippen molar-refractivity contribution < 1.29 is 9.59 Å². The molecule has 1 aromatic heterocycles. The second-order valence-electron chi connectivity index (χ2n) is 7.10. The topological polar surface area (TPSA) is 81.7 Å². The molecule has 0 saturated carbocycles. The van der Waals surface area contributed by atoms with Crippen molar-refractivity contribution in [1.29, 1.82) is 0 Å². The van der Waals surface area contributed by atoms with Gasteiger partial charge in [0.15, 0.2) is 11.5 Å². The van der Waals surface area contributed by atoms with Gasteiger partial charge < -0.3 is 20.0 Å². The molecule has 0 atom stereocenters. The molecule has 2 amide bonds. The van der Waals surface area contributed by atoms with Crippen LogP contribution in [0, 0.1) is 0 Å². The van der Waals surface area contributed by atoms with Crippen LogP contribution in [0.1, 0.15) is 23.3 Å². The van der Waals surface area contributed by atoms with E-state index in [1.54, 1.807) is 21.9 Å². The average Bonchev–Trinajstić information content (AvgIpc) is 3.29. The van der Waals surface area contributed by atoms with Crippen molar-refractivity contribution in [1.82, 2.24) is 20.0 Å². The molecule has 1 aromatic carbocycles. The fourth-order valence-electron chi connectivity index (χ4n) is 3.58. The molecule has 0 aliphatic carbocycles. The number of rotatable bonds is 5. The van der Waals surface area contributed by atoms with Gasteiger partial charge in [-0.25, -0.2) is 0 Å². The van der Waals surface area contributed by atoms with E-state index in [0.29, 0.717) is 37.7 Å². The minimum absolute atomic E-state index is 0.153. The first-order valence-corrected chi connectivity index (χ1v) is 9.67. The summed E-state index contributed by atoms with van der Waals surface area (Å²) in [4.78, 5) is 29.0. The summed E-state index contributed by atoms with van der Waals surface area (Å²) in [6, 6.07) is 11.7. The first-order chi connectivity index (χ1) is 13.7. The molecule has 146 valence electrons. The summed E-state index contributed by atoms with van der Waals surface area (Å²) in [6.45, 7) is 4.38. The van der Waals surface area contributed by atoms with Crippen LogP contribution < -0.4 is 10.2 Å². The van der Waals surface area contributed by atoms with E-state index in [1.807, 2.05) is 12.1 Å². The molecule has 2 aromatic rings. The monoisotopic (exact) mass is 380 g/mol. The van der Waals surface area contributed by atoms with Crippen molar-refractivity contribution in [2.45, 2.75) is 12.8 Å². The number of nitrogens with one attached hydrogen (secondary N) is 1. The quantitative estimate of drug-likeness (QED) is 0.796. The summed E-state index contributed by atoms with van der Waals surface area (Å²) in [7, 11) is 0. The predicted octanol–water partition coefficient (Wildman–Crippen LogP) is 1.73. The summed E-state index contributed by atoms with van der Waals surface area (Å²) in [5, 5.41) is 11.4. The first kappa shape index (κ1) is 18.2. The Labute approximate surface area is 164 Å². The van der Waals surface area contributed by atoms with E-state index < -0.39 is 0 Å². The molecule has 0 unspecified atom stereocenters. The minimum Gasteiger partial charge on any atom is -0.372 e. The zero-order valence-electron chi connectivity index (χ0n) is 15.8. The summed E-state index contributed by atoms with van der Waals surface area (Å²) >= 11 is 0. The van der Waals surface area contributed by atoms with E-state index in [-0.39, 0.29) is 5.91 Å². The number of nitrogens with zero attached hydrogens (tertiary/aromatic N) is 5. The van der Waals surface area contributed by atoms with Crippen LogP contribution in [-0.4, -0.2) is 71.6 Å². The Morgan fingerprint density at radius 3 is 2.21 bits per heavy atom. The normalized spacial score (nSPS) is 16.9. The highest BCUT2D eigenvalue weighted by atomic mass is 16.2. The predicted molar refractivity (Wildman–Crippen MR) is 107 cm³/mol. The van der Waals surface area contributed by atoms with Crippen LogP contribution in [0.15, 0.2) is 36.4 Å². The van der Waals surface area contributed by atoms with Gasteiger partial charge in [0.1, 0.15) is 0 Å². The van der Waals surface area contributed by atoms with Gasteiger partial charge in [0.05, 0.1) is 0 Å². The van der Waals surface area contributed by atoms with E-state index in [1.165, 1.54) is 18.5 Å². The molecule has 0 spiro atoms. The molecular weight excluding hydrogens is 356 g/mol. The largest absolute Gasteiger partial charge is 0.372 e. The van der Waals surface area contributed by atoms with Gasteiger partial charge in [-0.3, -0.25) is 9.59 Å². The van der Waals surface area contributed by atoms with Crippen LogP contribution in [0.4, 0.5) is 17.2 Å². The van der Waals surface area contributed by atoms with Gasteiger partial charge in [0.25, 0.3) is 5.91 Å². The number of carbonyl (C=O) groups is 2. The summed E-state index contributed by atoms with van der Waals surface area (Å²) < 4.78 is 0. The maximum Gasteiger partial charge on any atom is 0.274 e. The van der Waals surface area contributed by atoms with Crippen molar-refractivity contribution in [3.8, 4) is 0 Å². The van der Waals surface area contributed by atoms with Crippen molar-refractivity contribution in [2.75, 3.05) is 49.5 Å². The van der Waals surface area contributed by atoms with Crippen LogP contribution in [0.2, 0.25) is 0 Å². The molecule has 0 bridgehead atoms. The van der Waals surface area contributed by atoms with Crippen molar-refractivity contribution in [3.05, 3.63) is 42.1 Å². The van der Waals surface area contributed by atoms with Crippen LogP contribution >= 0.6 is 0 Å². The van der Waals surface area contributed by atoms with Crippen LogP contribution in [0.25, 0.3) is 0 Å². The van der Waals surface area contributed by atoms with Gasteiger partial charge in [-0.2, -0.15) is 0 Å². The highest BCUT2D eigenvalue weighted by Gasteiger charge is 2.22. The molecule has 2 fully saturated rings. The maximum atomic E-state index is 12.5. The maximum absolute atomic E-state index is 12.5.